The van der Waals surface area contributed by atoms with Crippen LogP contribution in [0, 0.1) is 0 Å². The molecule has 0 unspecified atom stereocenters. The summed E-state index contributed by atoms with van der Waals surface area (Å²) in [6.07, 6.45) is 8.62. The van der Waals surface area contributed by atoms with E-state index >= 15 is 0 Å². The minimum atomic E-state index is 0.185. The first-order valence-corrected chi connectivity index (χ1v) is 9.00. The normalized spacial score (nSPS) is 34.7. The van der Waals surface area contributed by atoms with E-state index in [-0.39, 0.29) is 24.2 Å². The second-order valence-electron chi connectivity index (χ2n) is 6.11. The third-order valence-electron chi connectivity index (χ3n) is 4.60. The summed E-state index contributed by atoms with van der Waals surface area (Å²) in [5.74, 6) is 0.814. The molecule has 0 aromatic heterocycles. The third-order valence-corrected chi connectivity index (χ3v) is 5.97. The molecule has 0 spiro atoms. The molecular weight excluding hydrogens is 274 g/mol. The second-order valence-corrected chi connectivity index (χ2v) is 7.40. The van der Waals surface area contributed by atoms with Crippen LogP contribution in [0.3, 0.4) is 0 Å². The zero-order valence-corrected chi connectivity index (χ0v) is 12.8. The molecule has 3 atom stereocenters. The van der Waals surface area contributed by atoms with Crippen molar-refractivity contribution >= 4 is 17.7 Å². The molecule has 0 aromatic rings. The topological polar surface area (TPSA) is 47.6 Å². The number of rotatable bonds is 4. The van der Waals surface area contributed by atoms with E-state index in [9.17, 15) is 4.79 Å². The van der Waals surface area contributed by atoms with Crippen molar-refractivity contribution in [3.63, 3.8) is 0 Å². The van der Waals surface area contributed by atoms with Gasteiger partial charge in [0.2, 0.25) is 5.91 Å². The quantitative estimate of drug-likeness (QED) is 0.864. The molecule has 114 valence electrons. The van der Waals surface area contributed by atoms with Crippen LogP contribution in [0.1, 0.15) is 44.9 Å². The summed E-state index contributed by atoms with van der Waals surface area (Å²) >= 11 is 1.84. The second kappa shape index (κ2) is 7.14. The third kappa shape index (κ3) is 3.89. The molecule has 3 fully saturated rings. The van der Waals surface area contributed by atoms with E-state index in [0.717, 1.165) is 25.9 Å². The van der Waals surface area contributed by atoms with Gasteiger partial charge in [0.1, 0.15) is 0 Å². The molecule has 1 saturated heterocycles. The SMILES string of the molecule is O=C(CSC1CCCC1)N[C@@H]1CC[C@H]2OCCO[C@@H]2C1. The highest BCUT2D eigenvalue weighted by Crippen LogP contribution is 2.30. The van der Waals surface area contributed by atoms with Crippen LogP contribution in [0.2, 0.25) is 0 Å². The minimum Gasteiger partial charge on any atom is -0.373 e. The maximum absolute atomic E-state index is 12.0. The molecule has 20 heavy (non-hydrogen) atoms. The number of nitrogens with one attached hydrogen (secondary N) is 1. The van der Waals surface area contributed by atoms with Crippen LogP contribution >= 0.6 is 11.8 Å². The Morgan fingerprint density at radius 2 is 1.80 bits per heavy atom. The van der Waals surface area contributed by atoms with Crippen LogP contribution in [0.25, 0.3) is 0 Å². The number of amides is 1. The Labute approximate surface area is 125 Å². The van der Waals surface area contributed by atoms with E-state index in [4.69, 9.17) is 9.47 Å². The Bertz CT molecular complexity index is 333. The number of hydrogen-bond acceptors (Lipinski definition) is 4. The Morgan fingerprint density at radius 1 is 1.05 bits per heavy atom. The summed E-state index contributed by atoms with van der Waals surface area (Å²) < 4.78 is 11.5. The van der Waals surface area contributed by atoms with Gasteiger partial charge < -0.3 is 14.8 Å². The number of fused-ring (bicyclic) bond motifs is 1. The predicted octanol–water partition coefficient (Wildman–Crippen LogP) is 2.11. The lowest BCUT2D eigenvalue weighted by Crippen LogP contribution is -2.49. The molecule has 0 radical (unpaired) electrons. The molecule has 0 bridgehead atoms. The fourth-order valence-corrected chi connectivity index (χ4v) is 4.65. The summed E-state index contributed by atoms with van der Waals surface area (Å²) in [6.45, 7) is 1.41. The van der Waals surface area contributed by atoms with Crippen LogP contribution in [-0.4, -0.2) is 48.4 Å². The van der Waals surface area contributed by atoms with Gasteiger partial charge in [-0.25, -0.2) is 0 Å². The van der Waals surface area contributed by atoms with E-state index in [2.05, 4.69) is 5.32 Å². The van der Waals surface area contributed by atoms with Gasteiger partial charge in [0, 0.05) is 11.3 Å². The lowest BCUT2D eigenvalue weighted by molar-refractivity contribution is -0.158. The van der Waals surface area contributed by atoms with Gasteiger partial charge in [-0.15, -0.1) is 11.8 Å². The van der Waals surface area contributed by atoms with Gasteiger partial charge in [0.15, 0.2) is 0 Å². The highest BCUT2D eigenvalue weighted by Gasteiger charge is 2.34. The smallest absolute Gasteiger partial charge is 0.230 e. The summed E-state index contributed by atoms with van der Waals surface area (Å²) in [7, 11) is 0. The molecule has 1 heterocycles. The van der Waals surface area contributed by atoms with Gasteiger partial charge in [-0.1, -0.05) is 12.8 Å². The molecule has 2 aliphatic carbocycles. The first kappa shape index (κ1) is 14.7. The molecule has 1 N–H and O–H groups in total. The van der Waals surface area contributed by atoms with E-state index in [1.54, 1.807) is 0 Å². The van der Waals surface area contributed by atoms with Crippen molar-refractivity contribution < 1.29 is 14.3 Å². The molecule has 4 nitrogen and oxygen atoms in total. The summed E-state index contributed by atoms with van der Waals surface area (Å²) in [4.78, 5) is 12.0. The molecule has 3 aliphatic rings. The van der Waals surface area contributed by atoms with Gasteiger partial charge in [-0.2, -0.15) is 0 Å². The summed E-state index contributed by atoms with van der Waals surface area (Å²) in [5, 5.41) is 3.89. The van der Waals surface area contributed by atoms with Crippen molar-refractivity contribution in [2.75, 3.05) is 19.0 Å². The van der Waals surface area contributed by atoms with Crippen LogP contribution in [0.15, 0.2) is 0 Å². The number of ether oxygens (including phenoxy) is 2. The van der Waals surface area contributed by atoms with Crippen LogP contribution in [-0.2, 0) is 14.3 Å². The van der Waals surface area contributed by atoms with Crippen molar-refractivity contribution in [2.24, 2.45) is 0 Å². The fraction of sp³-hybridized carbons (Fsp3) is 0.933. The Balaban J connectivity index is 1.37. The minimum absolute atomic E-state index is 0.185. The molecule has 1 amide bonds. The van der Waals surface area contributed by atoms with Crippen LogP contribution in [0.4, 0.5) is 0 Å². The zero-order chi connectivity index (χ0) is 13.8. The Morgan fingerprint density at radius 3 is 2.60 bits per heavy atom. The highest BCUT2D eigenvalue weighted by molar-refractivity contribution is 8.00. The van der Waals surface area contributed by atoms with E-state index in [0.29, 0.717) is 17.6 Å². The Kier molecular flexibility index (Phi) is 5.24. The van der Waals surface area contributed by atoms with Gasteiger partial charge in [0.25, 0.3) is 0 Å². The molecule has 1 aliphatic heterocycles. The van der Waals surface area contributed by atoms with Crippen molar-refractivity contribution in [2.45, 2.75) is 68.4 Å². The van der Waals surface area contributed by atoms with Gasteiger partial charge in [0.05, 0.1) is 31.2 Å². The average molecular weight is 299 g/mol. The lowest BCUT2D eigenvalue weighted by Gasteiger charge is -2.39. The van der Waals surface area contributed by atoms with Crippen molar-refractivity contribution in [1.29, 1.82) is 0 Å². The fourth-order valence-electron chi connectivity index (χ4n) is 3.52. The van der Waals surface area contributed by atoms with Crippen molar-refractivity contribution in [3.8, 4) is 0 Å². The lowest BCUT2D eigenvalue weighted by atomic mass is 9.89. The molecule has 0 aromatic carbocycles. The molecule has 3 rings (SSSR count). The van der Waals surface area contributed by atoms with Crippen molar-refractivity contribution in [3.05, 3.63) is 0 Å². The number of thioether (sulfide) groups is 1. The van der Waals surface area contributed by atoms with E-state index in [1.807, 2.05) is 11.8 Å². The largest absolute Gasteiger partial charge is 0.373 e. The predicted molar refractivity (Wildman–Crippen MR) is 80.0 cm³/mol. The van der Waals surface area contributed by atoms with Crippen molar-refractivity contribution in [1.82, 2.24) is 5.32 Å². The highest BCUT2D eigenvalue weighted by atomic mass is 32.2. The van der Waals surface area contributed by atoms with E-state index in [1.165, 1.54) is 25.7 Å². The monoisotopic (exact) mass is 299 g/mol. The van der Waals surface area contributed by atoms with Gasteiger partial charge in [-0.3, -0.25) is 4.79 Å². The summed E-state index contributed by atoms with van der Waals surface area (Å²) in [5.41, 5.74) is 0. The maximum Gasteiger partial charge on any atom is 0.230 e. The number of carbonyl (C=O) groups is 1. The van der Waals surface area contributed by atoms with Crippen LogP contribution in [0.5, 0.6) is 0 Å². The molecule has 2 saturated carbocycles. The van der Waals surface area contributed by atoms with E-state index < -0.39 is 0 Å². The first-order chi connectivity index (χ1) is 9.81. The van der Waals surface area contributed by atoms with Gasteiger partial charge >= 0.3 is 0 Å². The van der Waals surface area contributed by atoms with Gasteiger partial charge in [-0.05, 0) is 32.1 Å². The van der Waals surface area contributed by atoms with Crippen LogP contribution < -0.4 is 5.32 Å². The maximum atomic E-state index is 12.0. The Hall–Kier alpha value is -0.260. The zero-order valence-electron chi connectivity index (χ0n) is 12.0. The summed E-state index contributed by atoms with van der Waals surface area (Å²) in [6, 6.07) is 0.273. The standard InChI is InChI=1S/C15H25NO3S/c17-15(10-20-12-3-1-2-4-12)16-11-5-6-13-14(9-11)19-8-7-18-13/h11-14H,1-10H2,(H,16,17)/t11-,13-,14-/m1/s1. The number of carbonyl (C=O) groups excluding carboxylic acids is 1. The number of hydrogen-bond donors (Lipinski definition) is 1. The molecular formula is C15H25NO3S. The first-order valence-electron chi connectivity index (χ1n) is 7.95. The molecule has 5 heteroatoms. The average Bonchev–Trinajstić information content (AvgIpc) is 2.98.